The Kier molecular flexibility index (Phi) is 9.10. The normalized spacial score (nSPS) is 13.0. The maximum atomic E-state index is 11.8. The van der Waals surface area contributed by atoms with Gasteiger partial charge in [0.25, 0.3) is 0 Å². The molecule has 0 saturated carbocycles. The van der Waals surface area contributed by atoms with Crippen molar-refractivity contribution in [2.45, 2.75) is 60.4 Å². The molecule has 0 bridgehead atoms. The van der Waals surface area contributed by atoms with Crippen molar-refractivity contribution in [2.75, 3.05) is 33.0 Å². The summed E-state index contributed by atoms with van der Waals surface area (Å²) in [5, 5.41) is 2.85. The summed E-state index contributed by atoms with van der Waals surface area (Å²) < 4.78 is 11.0. The first-order chi connectivity index (χ1) is 10.8. The molecule has 0 aromatic heterocycles. The Bertz CT molecular complexity index is 412. The molecule has 0 spiro atoms. The Morgan fingerprint density at radius 3 is 2.08 bits per heavy atom. The molecular formula is C18H36N2O4. The summed E-state index contributed by atoms with van der Waals surface area (Å²) in [5.41, 5.74) is 4.86. The smallest absolute Gasteiger partial charge is 0.246 e. The van der Waals surface area contributed by atoms with Crippen molar-refractivity contribution in [3.63, 3.8) is 0 Å². The Morgan fingerprint density at radius 1 is 1.00 bits per heavy atom. The second-order valence-electron chi connectivity index (χ2n) is 8.66. The van der Waals surface area contributed by atoms with Gasteiger partial charge in [0.2, 0.25) is 5.91 Å². The topological polar surface area (TPSA) is 90.6 Å². The Balaban J connectivity index is 3.98. The molecule has 0 atom stereocenters. The molecule has 0 radical (unpaired) electrons. The average Bonchev–Trinajstić information content (AvgIpc) is 2.40. The van der Waals surface area contributed by atoms with Gasteiger partial charge >= 0.3 is 0 Å². The lowest BCUT2D eigenvalue weighted by Crippen LogP contribution is -2.39. The van der Waals surface area contributed by atoms with Crippen LogP contribution in [0.25, 0.3) is 0 Å². The van der Waals surface area contributed by atoms with E-state index in [1.165, 1.54) is 0 Å². The van der Waals surface area contributed by atoms with Crippen molar-refractivity contribution in [3.8, 4) is 0 Å². The van der Waals surface area contributed by atoms with Crippen LogP contribution in [0.15, 0.2) is 0 Å². The SMILES string of the molecule is CC(=O)C(C)(C)COCC(C)(C)CNC(=O)COCCC(C)(C)N. The van der Waals surface area contributed by atoms with Gasteiger partial charge in [0, 0.05) is 29.5 Å². The lowest BCUT2D eigenvalue weighted by Gasteiger charge is -2.28. The van der Waals surface area contributed by atoms with E-state index in [0.29, 0.717) is 32.8 Å². The summed E-state index contributed by atoms with van der Waals surface area (Å²) >= 11 is 0. The van der Waals surface area contributed by atoms with E-state index in [1.54, 1.807) is 6.92 Å². The fourth-order valence-corrected chi connectivity index (χ4v) is 1.62. The van der Waals surface area contributed by atoms with Crippen LogP contribution in [0.4, 0.5) is 0 Å². The molecule has 1 amide bonds. The summed E-state index contributed by atoms with van der Waals surface area (Å²) in [6.45, 7) is 15.0. The van der Waals surface area contributed by atoms with Gasteiger partial charge in [-0.05, 0) is 27.2 Å². The molecular weight excluding hydrogens is 308 g/mol. The van der Waals surface area contributed by atoms with E-state index in [9.17, 15) is 9.59 Å². The molecule has 0 aromatic carbocycles. The summed E-state index contributed by atoms with van der Waals surface area (Å²) in [6, 6.07) is 0. The van der Waals surface area contributed by atoms with Gasteiger partial charge < -0.3 is 20.5 Å². The maximum absolute atomic E-state index is 11.8. The second-order valence-corrected chi connectivity index (χ2v) is 8.66. The van der Waals surface area contributed by atoms with Gasteiger partial charge in [0.05, 0.1) is 13.2 Å². The first kappa shape index (κ1) is 23.0. The standard InChI is InChI=1S/C18H36N2O4/c1-14(21)17(4,5)13-24-12-16(2,3)11-20-15(22)10-23-9-8-18(6,7)19/h8-13,19H2,1-7H3,(H,20,22). The zero-order valence-electron chi connectivity index (χ0n) is 16.5. The van der Waals surface area contributed by atoms with Crippen LogP contribution in [0.5, 0.6) is 0 Å². The van der Waals surface area contributed by atoms with E-state index in [4.69, 9.17) is 15.2 Å². The molecule has 0 aliphatic rings. The fraction of sp³-hybridized carbons (Fsp3) is 0.889. The molecule has 0 aromatic rings. The van der Waals surface area contributed by atoms with Crippen molar-refractivity contribution in [2.24, 2.45) is 16.6 Å². The molecule has 0 fully saturated rings. The number of carbonyl (C=O) groups is 2. The largest absolute Gasteiger partial charge is 0.380 e. The third kappa shape index (κ3) is 11.5. The van der Waals surface area contributed by atoms with Crippen molar-refractivity contribution < 1.29 is 19.1 Å². The number of nitrogens with one attached hydrogen (secondary N) is 1. The van der Waals surface area contributed by atoms with Crippen LogP contribution in [0, 0.1) is 10.8 Å². The molecule has 0 aliphatic heterocycles. The van der Waals surface area contributed by atoms with Crippen molar-refractivity contribution >= 4 is 11.7 Å². The summed E-state index contributed by atoms with van der Waals surface area (Å²) in [6.07, 6.45) is 0.700. The third-order valence-corrected chi connectivity index (χ3v) is 3.80. The molecule has 0 heterocycles. The van der Waals surface area contributed by atoms with Gasteiger partial charge in [-0.25, -0.2) is 0 Å². The third-order valence-electron chi connectivity index (χ3n) is 3.80. The molecule has 6 nitrogen and oxygen atoms in total. The van der Waals surface area contributed by atoms with Gasteiger partial charge in [0.1, 0.15) is 12.4 Å². The van der Waals surface area contributed by atoms with Gasteiger partial charge in [-0.15, -0.1) is 0 Å². The van der Waals surface area contributed by atoms with Crippen LogP contribution in [-0.2, 0) is 19.1 Å². The number of amides is 1. The number of ketones is 1. The molecule has 0 unspecified atom stereocenters. The van der Waals surface area contributed by atoms with Crippen LogP contribution >= 0.6 is 0 Å². The first-order valence-electron chi connectivity index (χ1n) is 8.47. The summed E-state index contributed by atoms with van der Waals surface area (Å²) in [5.74, 6) is -0.0478. The zero-order valence-corrected chi connectivity index (χ0v) is 16.5. The van der Waals surface area contributed by atoms with E-state index in [2.05, 4.69) is 5.32 Å². The summed E-state index contributed by atoms with van der Waals surface area (Å²) in [4.78, 5) is 23.2. The number of nitrogens with two attached hydrogens (primary N) is 1. The van der Waals surface area contributed by atoms with Crippen molar-refractivity contribution in [1.29, 1.82) is 0 Å². The highest BCUT2D eigenvalue weighted by Gasteiger charge is 2.26. The number of ether oxygens (including phenoxy) is 2. The zero-order chi connectivity index (χ0) is 19.0. The van der Waals surface area contributed by atoms with E-state index in [-0.39, 0.29) is 29.3 Å². The highest BCUT2D eigenvalue weighted by Crippen LogP contribution is 2.20. The van der Waals surface area contributed by atoms with E-state index in [1.807, 2.05) is 41.5 Å². The fourth-order valence-electron chi connectivity index (χ4n) is 1.62. The molecule has 3 N–H and O–H groups in total. The van der Waals surface area contributed by atoms with Gasteiger partial charge in [0.15, 0.2) is 0 Å². The minimum Gasteiger partial charge on any atom is -0.380 e. The highest BCUT2D eigenvalue weighted by atomic mass is 16.5. The van der Waals surface area contributed by atoms with Crippen LogP contribution in [-0.4, -0.2) is 50.2 Å². The molecule has 0 saturated heterocycles. The number of rotatable bonds is 12. The Morgan fingerprint density at radius 2 is 1.58 bits per heavy atom. The molecule has 0 aliphatic carbocycles. The minimum atomic E-state index is -0.482. The van der Waals surface area contributed by atoms with Crippen LogP contribution < -0.4 is 11.1 Å². The van der Waals surface area contributed by atoms with Gasteiger partial charge in [-0.1, -0.05) is 27.7 Å². The molecule has 142 valence electrons. The van der Waals surface area contributed by atoms with Crippen molar-refractivity contribution in [3.05, 3.63) is 0 Å². The lowest BCUT2D eigenvalue weighted by molar-refractivity contribution is -0.128. The van der Waals surface area contributed by atoms with Crippen LogP contribution in [0.3, 0.4) is 0 Å². The van der Waals surface area contributed by atoms with Gasteiger partial charge in [-0.3, -0.25) is 9.59 Å². The number of hydrogen-bond donors (Lipinski definition) is 2. The van der Waals surface area contributed by atoms with Crippen molar-refractivity contribution in [1.82, 2.24) is 5.32 Å². The van der Waals surface area contributed by atoms with Crippen LogP contribution in [0.2, 0.25) is 0 Å². The van der Waals surface area contributed by atoms with Gasteiger partial charge in [-0.2, -0.15) is 0 Å². The quantitative estimate of drug-likeness (QED) is 0.528. The van der Waals surface area contributed by atoms with E-state index in [0.717, 1.165) is 0 Å². The molecule has 0 rings (SSSR count). The van der Waals surface area contributed by atoms with Crippen LogP contribution in [0.1, 0.15) is 54.9 Å². The number of hydrogen-bond acceptors (Lipinski definition) is 5. The average molecular weight is 344 g/mol. The first-order valence-corrected chi connectivity index (χ1v) is 8.47. The highest BCUT2D eigenvalue weighted by molar-refractivity contribution is 5.81. The lowest BCUT2D eigenvalue weighted by atomic mass is 9.90. The maximum Gasteiger partial charge on any atom is 0.246 e. The van der Waals surface area contributed by atoms with E-state index >= 15 is 0 Å². The molecule has 6 heteroatoms. The Labute approximate surface area is 146 Å². The number of Topliss-reactive ketones (excluding diaryl/α,β-unsaturated/α-hetero) is 1. The monoisotopic (exact) mass is 344 g/mol. The summed E-state index contributed by atoms with van der Waals surface area (Å²) in [7, 11) is 0. The minimum absolute atomic E-state index is 0.0321. The second kappa shape index (κ2) is 9.49. The predicted octanol–water partition coefficient (Wildman–Crippen LogP) is 1.90. The molecule has 24 heavy (non-hydrogen) atoms. The number of carbonyl (C=O) groups excluding carboxylic acids is 2. The van der Waals surface area contributed by atoms with E-state index < -0.39 is 5.41 Å². The Hall–Kier alpha value is -0.980. The predicted molar refractivity (Wildman–Crippen MR) is 95.8 cm³/mol.